The van der Waals surface area contributed by atoms with Crippen LogP contribution in [0.1, 0.15) is 38.1 Å². The molecule has 0 fully saturated rings. The Hall–Kier alpha value is -2.78. The first kappa shape index (κ1) is 19.0. The van der Waals surface area contributed by atoms with Crippen LogP contribution in [0.4, 0.5) is 9.80 Å². The normalized spacial score (nSPS) is 10.6. The lowest BCUT2D eigenvalue weighted by molar-refractivity contribution is 0.0925. The first-order valence-corrected chi connectivity index (χ1v) is 9.83. The lowest BCUT2D eigenvalue weighted by atomic mass is 10.1. The fourth-order valence-corrected chi connectivity index (χ4v) is 4.25. The van der Waals surface area contributed by atoms with Crippen LogP contribution in [0.5, 0.6) is 0 Å². The molecule has 1 aromatic carbocycles. The second-order valence-electron chi connectivity index (χ2n) is 5.65. The molecule has 3 rings (SSSR count). The van der Waals surface area contributed by atoms with Gasteiger partial charge < -0.3 is 10.1 Å². The van der Waals surface area contributed by atoms with Crippen molar-refractivity contribution in [3.8, 4) is 0 Å². The Morgan fingerprint density at radius 1 is 1.19 bits per heavy atom. The highest BCUT2D eigenvalue weighted by Gasteiger charge is 2.23. The van der Waals surface area contributed by atoms with E-state index in [1.54, 1.807) is 37.6 Å². The minimum absolute atomic E-state index is 0.157. The molecular weight excluding hydrogens is 386 g/mol. The van der Waals surface area contributed by atoms with E-state index >= 15 is 0 Å². The number of nitrogens with zero attached hydrogens (tertiary/aromatic N) is 1. The van der Waals surface area contributed by atoms with Crippen molar-refractivity contribution in [1.82, 2.24) is 10.3 Å². The molecule has 0 aliphatic heterocycles. The Balaban J connectivity index is 1.85. The molecule has 0 saturated carbocycles. The summed E-state index contributed by atoms with van der Waals surface area (Å²) in [5, 5.41) is 5.35. The molecule has 0 bridgehead atoms. The number of benzene rings is 1. The standard InChI is InChI=1S/C18H17N3O4S2/c1-4-25-18(24)21-16(23)14-9(2)10(3)27-17(14)20-15(22)11-5-6-12-13(7-11)26-8-19-12/h5-8H,4H2,1-3H3,(H,20,22)(H,21,23,24). The summed E-state index contributed by atoms with van der Waals surface area (Å²) in [6.45, 7) is 5.42. The lowest BCUT2D eigenvalue weighted by Crippen LogP contribution is -2.31. The second-order valence-corrected chi connectivity index (χ2v) is 7.76. The van der Waals surface area contributed by atoms with Crippen LogP contribution >= 0.6 is 22.7 Å². The van der Waals surface area contributed by atoms with Gasteiger partial charge in [-0.1, -0.05) is 0 Å². The molecule has 27 heavy (non-hydrogen) atoms. The first-order valence-electron chi connectivity index (χ1n) is 8.13. The molecule has 7 nitrogen and oxygen atoms in total. The molecule has 0 unspecified atom stereocenters. The number of alkyl carbamates (subject to hydrolysis) is 1. The quantitative estimate of drug-likeness (QED) is 0.683. The SMILES string of the molecule is CCOC(=O)NC(=O)c1c(NC(=O)c2ccc3ncsc3c2)sc(C)c1C. The summed E-state index contributed by atoms with van der Waals surface area (Å²) in [6.07, 6.45) is -0.821. The maximum atomic E-state index is 12.7. The maximum Gasteiger partial charge on any atom is 0.414 e. The molecule has 0 spiro atoms. The topological polar surface area (TPSA) is 97.4 Å². The number of amides is 3. The fourth-order valence-electron chi connectivity index (χ4n) is 2.48. The van der Waals surface area contributed by atoms with Crippen LogP contribution in [-0.4, -0.2) is 29.5 Å². The number of hydrogen-bond acceptors (Lipinski definition) is 7. The van der Waals surface area contributed by atoms with Crippen LogP contribution in [0.25, 0.3) is 10.2 Å². The molecule has 3 amide bonds. The number of rotatable bonds is 4. The highest BCUT2D eigenvalue weighted by Crippen LogP contribution is 2.33. The second kappa shape index (κ2) is 7.85. The fraction of sp³-hybridized carbons (Fsp3) is 0.222. The van der Waals surface area contributed by atoms with E-state index in [1.165, 1.54) is 22.7 Å². The third-order valence-electron chi connectivity index (χ3n) is 3.92. The van der Waals surface area contributed by atoms with Crippen LogP contribution in [0.15, 0.2) is 23.7 Å². The largest absolute Gasteiger partial charge is 0.450 e. The Kier molecular flexibility index (Phi) is 5.52. The van der Waals surface area contributed by atoms with Gasteiger partial charge in [-0.05, 0) is 44.5 Å². The summed E-state index contributed by atoms with van der Waals surface area (Å²) in [7, 11) is 0. The Labute approximate surface area is 163 Å². The number of aryl methyl sites for hydroxylation is 1. The monoisotopic (exact) mass is 403 g/mol. The highest BCUT2D eigenvalue weighted by molar-refractivity contribution is 7.17. The number of fused-ring (bicyclic) bond motifs is 1. The van der Waals surface area contributed by atoms with E-state index in [9.17, 15) is 14.4 Å². The smallest absolute Gasteiger partial charge is 0.414 e. The van der Waals surface area contributed by atoms with Crippen molar-refractivity contribution in [2.24, 2.45) is 0 Å². The maximum absolute atomic E-state index is 12.7. The molecule has 0 aliphatic rings. The van der Waals surface area contributed by atoms with Crippen molar-refractivity contribution < 1.29 is 19.1 Å². The Bertz CT molecular complexity index is 1040. The number of anilines is 1. The molecule has 0 radical (unpaired) electrons. The number of hydrogen-bond donors (Lipinski definition) is 2. The van der Waals surface area contributed by atoms with E-state index in [-0.39, 0.29) is 18.1 Å². The van der Waals surface area contributed by atoms with E-state index in [0.29, 0.717) is 16.1 Å². The zero-order chi connectivity index (χ0) is 19.6. The van der Waals surface area contributed by atoms with Crippen LogP contribution in [0.3, 0.4) is 0 Å². The zero-order valence-corrected chi connectivity index (χ0v) is 16.5. The molecule has 9 heteroatoms. The van der Waals surface area contributed by atoms with Crippen LogP contribution in [-0.2, 0) is 4.74 Å². The minimum Gasteiger partial charge on any atom is -0.450 e. The molecule has 2 N–H and O–H groups in total. The summed E-state index contributed by atoms with van der Waals surface area (Å²) in [5.41, 5.74) is 3.98. The average molecular weight is 403 g/mol. The first-order chi connectivity index (χ1) is 12.9. The van der Waals surface area contributed by atoms with Gasteiger partial charge in [0.15, 0.2) is 0 Å². The third-order valence-corrected chi connectivity index (χ3v) is 5.84. The Morgan fingerprint density at radius 3 is 2.70 bits per heavy atom. The van der Waals surface area contributed by atoms with Crippen molar-refractivity contribution in [3.05, 3.63) is 45.3 Å². The van der Waals surface area contributed by atoms with E-state index in [0.717, 1.165) is 15.1 Å². The van der Waals surface area contributed by atoms with Gasteiger partial charge in [-0.15, -0.1) is 22.7 Å². The van der Waals surface area contributed by atoms with Crippen LogP contribution in [0.2, 0.25) is 0 Å². The van der Waals surface area contributed by atoms with Crippen molar-refractivity contribution in [2.75, 3.05) is 11.9 Å². The summed E-state index contributed by atoms with van der Waals surface area (Å²) < 4.78 is 5.65. The number of nitrogens with one attached hydrogen (secondary N) is 2. The summed E-state index contributed by atoms with van der Waals surface area (Å²) in [4.78, 5) is 41.8. The number of thiazole rings is 1. The van der Waals surface area contributed by atoms with Gasteiger partial charge in [0.1, 0.15) is 5.00 Å². The van der Waals surface area contributed by atoms with Gasteiger partial charge in [-0.25, -0.2) is 9.78 Å². The number of thiophene rings is 1. The molecule has 3 aromatic rings. The number of imide groups is 1. The van der Waals surface area contributed by atoms with Crippen molar-refractivity contribution in [1.29, 1.82) is 0 Å². The molecule has 0 atom stereocenters. The van der Waals surface area contributed by atoms with Gasteiger partial charge in [-0.2, -0.15) is 0 Å². The van der Waals surface area contributed by atoms with Gasteiger partial charge >= 0.3 is 6.09 Å². The van der Waals surface area contributed by atoms with E-state index < -0.39 is 12.0 Å². The van der Waals surface area contributed by atoms with E-state index in [2.05, 4.69) is 15.6 Å². The van der Waals surface area contributed by atoms with Gasteiger partial charge in [0.05, 0.1) is 27.9 Å². The summed E-state index contributed by atoms with van der Waals surface area (Å²) in [5.74, 6) is -0.944. The van der Waals surface area contributed by atoms with Gasteiger partial charge in [0.2, 0.25) is 0 Å². The van der Waals surface area contributed by atoms with Gasteiger partial charge in [-0.3, -0.25) is 14.9 Å². The molecule has 2 aromatic heterocycles. The predicted octanol–water partition coefficient (Wildman–Crippen LogP) is 4.11. The zero-order valence-electron chi connectivity index (χ0n) is 14.9. The number of aromatic nitrogens is 1. The number of carbonyl (C=O) groups is 3. The number of ether oxygens (including phenoxy) is 1. The van der Waals surface area contributed by atoms with Crippen molar-refractivity contribution in [2.45, 2.75) is 20.8 Å². The summed E-state index contributed by atoms with van der Waals surface area (Å²) in [6, 6.07) is 5.22. The van der Waals surface area contributed by atoms with Crippen LogP contribution < -0.4 is 10.6 Å². The van der Waals surface area contributed by atoms with Crippen molar-refractivity contribution >= 4 is 55.8 Å². The molecule has 140 valence electrons. The Morgan fingerprint density at radius 2 is 1.96 bits per heavy atom. The molecule has 2 heterocycles. The highest BCUT2D eigenvalue weighted by atomic mass is 32.1. The lowest BCUT2D eigenvalue weighted by Gasteiger charge is -2.08. The average Bonchev–Trinajstić information content (AvgIpc) is 3.19. The van der Waals surface area contributed by atoms with Crippen molar-refractivity contribution in [3.63, 3.8) is 0 Å². The van der Waals surface area contributed by atoms with Crippen LogP contribution in [0, 0.1) is 13.8 Å². The minimum atomic E-state index is -0.821. The summed E-state index contributed by atoms with van der Waals surface area (Å²) >= 11 is 2.73. The van der Waals surface area contributed by atoms with E-state index in [1.807, 2.05) is 6.92 Å². The number of carbonyl (C=O) groups excluding carboxylic acids is 3. The molecule has 0 aliphatic carbocycles. The third kappa shape index (κ3) is 3.99. The molecular formula is C18H17N3O4S2. The van der Waals surface area contributed by atoms with Gasteiger partial charge in [0, 0.05) is 10.4 Å². The predicted molar refractivity (Wildman–Crippen MR) is 106 cm³/mol. The van der Waals surface area contributed by atoms with E-state index in [4.69, 9.17) is 4.74 Å². The molecule has 0 saturated heterocycles. The van der Waals surface area contributed by atoms with Gasteiger partial charge in [0.25, 0.3) is 11.8 Å².